The molecule has 1 amide bonds. The second-order valence-corrected chi connectivity index (χ2v) is 5.91. The third kappa shape index (κ3) is 5.48. The number of benzene rings is 2. The molecule has 24 heavy (non-hydrogen) atoms. The molecule has 2 aromatic rings. The molecule has 0 unspecified atom stereocenters. The minimum absolute atomic E-state index is 0.147. The SMILES string of the molecule is N[C@H](Cc1ccccc1)C(=O)N[C@@H](Cc1ccccc1)C(=O)CCl. The molecule has 126 valence electrons. The first-order valence-electron chi connectivity index (χ1n) is 7.82. The smallest absolute Gasteiger partial charge is 0.237 e. The molecule has 0 radical (unpaired) electrons. The van der Waals surface area contributed by atoms with E-state index in [1.165, 1.54) is 0 Å². The maximum Gasteiger partial charge on any atom is 0.237 e. The van der Waals surface area contributed by atoms with Crippen molar-refractivity contribution in [2.75, 3.05) is 5.88 Å². The van der Waals surface area contributed by atoms with Gasteiger partial charge in [-0.05, 0) is 24.0 Å². The first-order valence-corrected chi connectivity index (χ1v) is 8.36. The van der Waals surface area contributed by atoms with E-state index in [0.29, 0.717) is 12.8 Å². The normalized spacial score (nSPS) is 13.1. The van der Waals surface area contributed by atoms with Crippen LogP contribution < -0.4 is 11.1 Å². The van der Waals surface area contributed by atoms with Crippen LogP contribution in [0.25, 0.3) is 0 Å². The fourth-order valence-corrected chi connectivity index (χ4v) is 2.61. The lowest BCUT2D eigenvalue weighted by atomic mass is 10.0. The zero-order chi connectivity index (χ0) is 17.4. The van der Waals surface area contributed by atoms with Gasteiger partial charge in [-0.2, -0.15) is 0 Å². The highest BCUT2D eigenvalue weighted by Gasteiger charge is 2.23. The van der Waals surface area contributed by atoms with Crippen molar-refractivity contribution >= 4 is 23.3 Å². The molecule has 0 aliphatic heterocycles. The molecule has 0 saturated heterocycles. The maximum absolute atomic E-state index is 12.3. The maximum atomic E-state index is 12.3. The zero-order valence-corrected chi connectivity index (χ0v) is 14.1. The second kappa shape index (κ2) is 9.21. The Morgan fingerprint density at radius 3 is 1.92 bits per heavy atom. The summed E-state index contributed by atoms with van der Waals surface area (Å²) in [6.07, 6.45) is 0.815. The number of amides is 1. The fourth-order valence-electron chi connectivity index (χ4n) is 2.43. The molecule has 0 saturated carbocycles. The minimum Gasteiger partial charge on any atom is -0.345 e. The molecule has 5 heteroatoms. The topological polar surface area (TPSA) is 72.2 Å². The highest BCUT2D eigenvalue weighted by atomic mass is 35.5. The van der Waals surface area contributed by atoms with E-state index < -0.39 is 12.1 Å². The van der Waals surface area contributed by atoms with E-state index in [9.17, 15) is 9.59 Å². The molecular formula is C19H21ClN2O2. The van der Waals surface area contributed by atoms with Crippen LogP contribution in [0, 0.1) is 0 Å². The van der Waals surface area contributed by atoms with Crippen molar-refractivity contribution in [2.45, 2.75) is 24.9 Å². The molecule has 4 nitrogen and oxygen atoms in total. The lowest BCUT2D eigenvalue weighted by Crippen LogP contribution is -2.50. The van der Waals surface area contributed by atoms with Gasteiger partial charge in [-0.25, -0.2) is 0 Å². The van der Waals surface area contributed by atoms with Crippen molar-refractivity contribution in [1.82, 2.24) is 5.32 Å². The molecule has 2 atom stereocenters. The summed E-state index contributed by atoms with van der Waals surface area (Å²) in [7, 11) is 0. The molecule has 3 N–H and O–H groups in total. The summed E-state index contributed by atoms with van der Waals surface area (Å²) < 4.78 is 0. The Bertz CT molecular complexity index is 662. The van der Waals surface area contributed by atoms with Gasteiger partial charge in [-0.15, -0.1) is 11.6 Å². The molecular weight excluding hydrogens is 324 g/mol. The van der Waals surface area contributed by atoms with Crippen LogP contribution in [0.15, 0.2) is 60.7 Å². The Kier molecular flexibility index (Phi) is 6.97. The van der Waals surface area contributed by atoms with Crippen LogP contribution in [0.3, 0.4) is 0 Å². The van der Waals surface area contributed by atoms with E-state index >= 15 is 0 Å². The number of hydrogen-bond acceptors (Lipinski definition) is 3. The first-order chi connectivity index (χ1) is 11.6. The van der Waals surface area contributed by atoms with Gasteiger partial charge in [0, 0.05) is 0 Å². The van der Waals surface area contributed by atoms with Gasteiger partial charge in [-0.1, -0.05) is 60.7 Å². The summed E-state index contributed by atoms with van der Waals surface area (Å²) in [4.78, 5) is 24.4. The van der Waals surface area contributed by atoms with Crippen LogP contribution in [-0.4, -0.2) is 29.7 Å². The number of alkyl halides is 1. The van der Waals surface area contributed by atoms with Gasteiger partial charge < -0.3 is 11.1 Å². The molecule has 0 fully saturated rings. The number of ketones is 1. The molecule has 0 aliphatic carbocycles. The van der Waals surface area contributed by atoms with Gasteiger partial charge in [0.15, 0.2) is 5.78 Å². The lowest BCUT2D eigenvalue weighted by molar-refractivity contribution is -0.127. The Balaban J connectivity index is 2.00. The number of nitrogens with one attached hydrogen (secondary N) is 1. The predicted molar refractivity (Wildman–Crippen MR) is 95.9 cm³/mol. The molecule has 0 bridgehead atoms. The standard InChI is InChI=1S/C19H21ClN2O2/c20-13-18(23)17(12-15-9-5-2-6-10-15)22-19(24)16(21)11-14-7-3-1-4-8-14/h1-10,16-17H,11-13,21H2,(H,22,24)/t16-,17+/m1/s1. The Labute approximate surface area is 147 Å². The highest BCUT2D eigenvalue weighted by Crippen LogP contribution is 2.07. The predicted octanol–water partition coefficient (Wildman–Crippen LogP) is 2.09. The molecule has 2 aromatic carbocycles. The van der Waals surface area contributed by atoms with Crippen molar-refractivity contribution in [2.24, 2.45) is 5.73 Å². The lowest BCUT2D eigenvalue weighted by Gasteiger charge is -2.20. The van der Waals surface area contributed by atoms with E-state index in [4.69, 9.17) is 17.3 Å². The van der Waals surface area contributed by atoms with Gasteiger partial charge in [0.25, 0.3) is 0 Å². The number of nitrogens with two attached hydrogens (primary N) is 1. The third-order valence-electron chi connectivity index (χ3n) is 3.75. The van der Waals surface area contributed by atoms with Crippen molar-refractivity contribution < 1.29 is 9.59 Å². The average Bonchev–Trinajstić information content (AvgIpc) is 2.62. The first kappa shape index (κ1) is 18.2. The van der Waals surface area contributed by atoms with Crippen molar-refractivity contribution in [3.05, 3.63) is 71.8 Å². The number of Topliss-reactive ketones (excluding diaryl/α,β-unsaturated/α-hetero) is 1. The summed E-state index contributed by atoms with van der Waals surface area (Å²) in [5.74, 6) is -0.717. The highest BCUT2D eigenvalue weighted by molar-refractivity contribution is 6.28. The van der Waals surface area contributed by atoms with Crippen LogP contribution in [0.4, 0.5) is 0 Å². The van der Waals surface area contributed by atoms with Gasteiger partial charge in [0.1, 0.15) is 0 Å². The van der Waals surface area contributed by atoms with Crippen molar-refractivity contribution in [3.63, 3.8) is 0 Å². The molecule has 0 spiro atoms. The number of hydrogen-bond donors (Lipinski definition) is 2. The Hall–Kier alpha value is -2.17. The summed E-state index contributed by atoms with van der Waals surface area (Å²) in [6.45, 7) is 0. The largest absolute Gasteiger partial charge is 0.345 e. The van der Waals surface area contributed by atoms with E-state index in [0.717, 1.165) is 11.1 Å². The monoisotopic (exact) mass is 344 g/mol. The second-order valence-electron chi connectivity index (χ2n) is 5.65. The molecule has 0 heterocycles. The third-order valence-corrected chi connectivity index (χ3v) is 4.02. The summed E-state index contributed by atoms with van der Waals surface area (Å²) >= 11 is 5.67. The quantitative estimate of drug-likeness (QED) is 0.720. The molecule has 2 rings (SSSR count). The van der Waals surface area contributed by atoms with Crippen LogP contribution in [0.5, 0.6) is 0 Å². The average molecular weight is 345 g/mol. The number of rotatable bonds is 8. The van der Waals surface area contributed by atoms with Crippen molar-refractivity contribution in [1.29, 1.82) is 0 Å². The number of halogens is 1. The van der Waals surface area contributed by atoms with Crippen LogP contribution in [0.2, 0.25) is 0 Å². The minimum atomic E-state index is -0.714. The fraction of sp³-hybridized carbons (Fsp3) is 0.263. The van der Waals surface area contributed by atoms with Gasteiger partial charge in [0.05, 0.1) is 18.0 Å². The number of carbonyl (C=O) groups excluding carboxylic acids is 2. The van der Waals surface area contributed by atoms with Crippen molar-refractivity contribution in [3.8, 4) is 0 Å². The number of carbonyl (C=O) groups is 2. The van der Waals surface area contributed by atoms with E-state index in [1.54, 1.807) is 0 Å². The van der Waals surface area contributed by atoms with Crippen LogP contribution in [0.1, 0.15) is 11.1 Å². The summed E-state index contributed by atoms with van der Waals surface area (Å²) in [5.41, 5.74) is 7.91. The van der Waals surface area contributed by atoms with Crippen LogP contribution in [-0.2, 0) is 22.4 Å². The molecule has 0 aromatic heterocycles. The van der Waals surface area contributed by atoms with Gasteiger partial charge in [-0.3, -0.25) is 9.59 Å². The van der Waals surface area contributed by atoms with E-state index in [-0.39, 0.29) is 17.6 Å². The van der Waals surface area contributed by atoms with Gasteiger partial charge >= 0.3 is 0 Å². The van der Waals surface area contributed by atoms with E-state index in [2.05, 4.69) is 5.32 Å². The van der Waals surface area contributed by atoms with Crippen LogP contribution >= 0.6 is 11.6 Å². The Morgan fingerprint density at radius 2 is 1.42 bits per heavy atom. The van der Waals surface area contributed by atoms with Gasteiger partial charge in [0.2, 0.25) is 5.91 Å². The van der Waals surface area contributed by atoms with E-state index in [1.807, 2.05) is 60.7 Å². The Morgan fingerprint density at radius 1 is 0.917 bits per heavy atom. The molecule has 0 aliphatic rings. The summed E-state index contributed by atoms with van der Waals surface area (Å²) in [5, 5.41) is 2.74. The summed E-state index contributed by atoms with van der Waals surface area (Å²) in [6, 6.07) is 17.6. The zero-order valence-electron chi connectivity index (χ0n) is 13.3.